The molecule has 0 radical (unpaired) electrons. The van der Waals surface area contributed by atoms with Crippen molar-refractivity contribution in [1.29, 1.82) is 0 Å². The smallest absolute Gasteiger partial charge is 0.376 e. The van der Waals surface area contributed by atoms with E-state index < -0.39 is 11.9 Å². The fourth-order valence-electron chi connectivity index (χ4n) is 3.11. The highest BCUT2D eigenvalue weighted by Crippen LogP contribution is 2.30. The van der Waals surface area contributed by atoms with Crippen molar-refractivity contribution >= 4 is 5.96 Å². The fourth-order valence-corrected chi connectivity index (χ4v) is 3.11. The molecule has 148 valence electrons. The van der Waals surface area contributed by atoms with E-state index in [1.807, 2.05) is 0 Å². The number of alkyl halides is 3. The Bertz CT molecular complexity index is 577. The lowest BCUT2D eigenvalue weighted by atomic mass is 10.1. The number of ether oxygens (including phenoxy) is 1. The van der Waals surface area contributed by atoms with E-state index in [4.69, 9.17) is 4.74 Å². The third kappa shape index (κ3) is 6.51. The first kappa shape index (κ1) is 20.5. The molecule has 0 amide bonds. The molecule has 6 nitrogen and oxygen atoms in total. The van der Waals surface area contributed by atoms with Crippen molar-refractivity contribution in [1.82, 2.24) is 20.4 Å². The number of halogens is 3. The van der Waals surface area contributed by atoms with Crippen LogP contribution in [0.4, 0.5) is 13.2 Å². The van der Waals surface area contributed by atoms with Crippen LogP contribution >= 0.6 is 0 Å². The number of nitrogens with one attached hydrogen (secondary N) is 2. The second-order valence-corrected chi connectivity index (χ2v) is 6.51. The standard InChI is InChI=1S/C17H28F3N5O/c1-21-16(22-9-10-26-14-7-5-3-4-6-8-14)23-11-13-12-25(2)24-15(13)17(18,19)20/h12,14H,3-11H2,1-2H3,(H2,21,22,23). The Labute approximate surface area is 152 Å². The van der Waals surface area contributed by atoms with Crippen molar-refractivity contribution in [3.63, 3.8) is 0 Å². The quantitative estimate of drug-likeness (QED) is 0.347. The van der Waals surface area contributed by atoms with Gasteiger partial charge in [-0.25, -0.2) is 0 Å². The second-order valence-electron chi connectivity index (χ2n) is 6.51. The summed E-state index contributed by atoms with van der Waals surface area (Å²) >= 11 is 0. The average Bonchev–Trinajstić information content (AvgIpc) is 2.80. The topological polar surface area (TPSA) is 63.5 Å². The van der Waals surface area contributed by atoms with Gasteiger partial charge in [0.1, 0.15) is 0 Å². The predicted octanol–water partition coefficient (Wildman–Crippen LogP) is 2.84. The summed E-state index contributed by atoms with van der Waals surface area (Å²) in [5.74, 6) is 0.437. The highest BCUT2D eigenvalue weighted by molar-refractivity contribution is 5.79. The molecule has 26 heavy (non-hydrogen) atoms. The molecule has 1 heterocycles. The van der Waals surface area contributed by atoms with Crippen LogP contribution < -0.4 is 10.6 Å². The maximum absolute atomic E-state index is 13.0. The highest BCUT2D eigenvalue weighted by atomic mass is 19.4. The monoisotopic (exact) mass is 375 g/mol. The van der Waals surface area contributed by atoms with Crippen molar-refractivity contribution in [2.75, 3.05) is 20.2 Å². The summed E-state index contributed by atoms with van der Waals surface area (Å²) in [4.78, 5) is 4.03. The van der Waals surface area contributed by atoms with Gasteiger partial charge in [0.2, 0.25) is 0 Å². The zero-order valence-electron chi connectivity index (χ0n) is 15.4. The molecule has 0 saturated heterocycles. The first-order valence-corrected chi connectivity index (χ1v) is 9.06. The number of nitrogens with zero attached hydrogens (tertiary/aromatic N) is 3. The SMILES string of the molecule is CN=C(NCCOC1CCCCCC1)NCc1cn(C)nc1C(F)(F)F. The molecule has 0 unspecified atom stereocenters. The number of aryl methyl sites for hydroxylation is 1. The first-order chi connectivity index (χ1) is 12.4. The molecule has 0 spiro atoms. The van der Waals surface area contributed by atoms with Crippen LogP contribution in [0.2, 0.25) is 0 Å². The summed E-state index contributed by atoms with van der Waals surface area (Å²) in [6, 6.07) is 0. The van der Waals surface area contributed by atoms with Crippen LogP contribution in [0.1, 0.15) is 49.8 Å². The van der Waals surface area contributed by atoms with Gasteiger partial charge in [-0.1, -0.05) is 25.7 Å². The van der Waals surface area contributed by atoms with Crippen molar-refractivity contribution in [2.24, 2.45) is 12.0 Å². The minimum Gasteiger partial charge on any atom is -0.376 e. The van der Waals surface area contributed by atoms with Gasteiger partial charge in [-0.2, -0.15) is 18.3 Å². The van der Waals surface area contributed by atoms with Gasteiger partial charge < -0.3 is 15.4 Å². The molecule has 1 aromatic heterocycles. The second kappa shape index (κ2) is 9.80. The van der Waals surface area contributed by atoms with Crippen LogP contribution in [0.15, 0.2) is 11.2 Å². The van der Waals surface area contributed by atoms with Crippen molar-refractivity contribution in [3.05, 3.63) is 17.5 Å². The van der Waals surface area contributed by atoms with Crippen LogP contribution in [0.5, 0.6) is 0 Å². The molecule has 0 aromatic carbocycles. The van der Waals surface area contributed by atoms with Crippen LogP contribution in [-0.4, -0.2) is 42.0 Å². The Kier molecular flexibility index (Phi) is 7.74. The van der Waals surface area contributed by atoms with Gasteiger partial charge in [0.05, 0.1) is 12.7 Å². The molecule has 1 fully saturated rings. The molecule has 0 bridgehead atoms. The molecular formula is C17H28F3N5O. The van der Waals surface area contributed by atoms with Gasteiger partial charge in [-0.3, -0.25) is 9.67 Å². The number of rotatable bonds is 6. The van der Waals surface area contributed by atoms with Crippen LogP contribution in [-0.2, 0) is 24.5 Å². The van der Waals surface area contributed by atoms with E-state index in [2.05, 4.69) is 20.7 Å². The Hall–Kier alpha value is -1.77. The summed E-state index contributed by atoms with van der Waals surface area (Å²) in [6.07, 6.45) is 4.41. The minimum atomic E-state index is -4.47. The average molecular weight is 375 g/mol. The molecule has 2 N–H and O–H groups in total. The van der Waals surface area contributed by atoms with Gasteiger partial charge >= 0.3 is 6.18 Å². The lowest BCUT2D eigenvalue weighted by molar-refractivity contribution is -0.142. The van der Waals surface area contributed by atoms with Crippen molar-refractivity contribution in [3.8, 4) is 0 Å². The fraction of sp³-hybridized carbons (Fsp3) is 0.765. The summed E-state index contributed by atoms with van der Waals surface area (Å²) in [5.41, 5.74) is -0.794. The number of aromatic nitrogens is 2. The third-order valence-electron chi connectivity index (χ3n) is 4.39. The van der Waals surface area contributed by atoms with E-state index in [9.17, 15) is 13.2 Å². The molecule has 1 saturated carbocycles. The third-order valence-corrected chi connectivity index (χ3v) is 4.39. The van der Waals surface area contributed by atoms with E-state index in [1.54, 1.807) is 7.05 Å². The molecular weight excluding hydrogens is 347 g/mol. The lowest BCUT2D eigenvalue weighted by Crippen LogP contribution is -2.39. The highest BCUT2D eigenvalue weighted by Gasteiger charge is 2.36. The number of hydrogen-bond acceptors (Lipinski definition) is 3. The van der Waals surface area contributed by atoms with E-state index in [0.29, 0.717) is 25.2 Å². The predicted molar refractivity (Wildman–Crippen MR) is 93.9 cm³/mol. The molecule has 0 atom stereocenters. The summed E-state index contributed by atoms with van der Waals surface area (Å²) in [7, 11) is 3.05. The number of aliphatic imine (C=N–C) groups is 1. The van der Waals surface area contributed by atoms with Crippen LogP contribution in [0, 0.1) is 0 Å². The number of hydrogen-bond donors (Lipinski definition) is 2. The van der Waals surface area contributed by atoms with Gasteiger partial charge in [-0.15, -0.1) is 0 Å². The van der Waals surface area contributed by atoms with Crippen molar-refractivity contribution in [2.45, 2.75) is 57.3 Å². The molecule has 9 heteroatoms. The van der Waals surface area contributed by atoms with E-state index >= 15 is 0 Å². The van der Waals surface area contributed by atoms with E-state index in [-0.39, 0.29) is 12.1 Å². The molecule has 1 aromatic rings. The Morgan fingerprint density at radius 3 is 2.58 bits per heavy atom. The maximum Gasteiger partial charge on any atom is 0.435 e. The van der Waals surface area contributed by atoms with Crippen LogP contribution in [0.25, 0.3) is 0 Å². The maximum atomic E-state index is 13.0. The van der Waals surface area contributed by atoms with Crippen LogP contribution in [0.3, 0.4) is 0 Å². The summed E-state index contributed by atoms with van der Waals surface area (Å²) in [5, 5.41) is 9.45. The lowest BCUT2D eigenvalue weighted by Gasteiger charge is -2.17. The Balaban J connectivity index is 1.74. The molecule has 2 rings (SSSR count). The summed E-state index contributed by atoms with van der Waals surface area (Å²) in [6.45, 7) is 1.09. The van der Waals surface area contributed by atoms with E-state index in [0.717, 1.165) is 17.5 Å². The summed E-state index contributed by atoms with van der Waals surface area (Å²) < 4.78 is 45.9. The Morgan fingerprint density at radius 2 is 1.96 bits per heavy atom. The number of guanidine groups is 1. The molecule has 1 aliphatic rings. The first-order valence-electron chi connectivity index (χ1n) is 9.06. The van der Waals surface area contributed by atoms with Gasteiger partial charge in [0.25, 0.3) is 0 Å². The Morgan fingerprint density at radius 1 is 1.27 bits per heavy atom. The van der Waals surface area contributed by atoms with Gasteiger partial charge in [0.15, 0.2) is 11.7 Å². The van der Waals surface area contributed by atoms with Gasteiger partial charge in [0, 0.05) is 38.9 Å². The van der Waals surface area contributed by atoms with Gasteiger partial charge in [-0.05, 0) is 12.8 Å². The minimum absolute atomic E-state index is 0.00810. The zero-order valence-corrected chi connectivity index (χ0v) is 15.4. The van der Waals surface area contributed by atoms with Crippen molar-refractivity contribution < 1.29 is 17.9 Å². The zero-order chi connectivity index (χ0) is 19.0. The normalized spacial score (nSPS) is 17.2. The van der Waals surface area contributed by atoms with E-state index in [1.165, 1.54) is 38.9 Å². The molecule has 1 aliphatic carbocycles. The largest absolute Gasteiger partial charge is 0.435 e. The molecule has 0 aliphatic heterocycles.